The second-order valence-electron chi connectivity index (χ2n) is 6.05. The highest BCUT2D eigenvalue weighted by molar-refractivity contribution is 4.93. The largest absolute Gasteiger partial charge is 0.379 e. The van der Waals surface area contributed by atoms with Gasteiger partial charge in [-0.15, -0.1) is 0 Å². The summed E-state index contributed by atoms with van der Waals surface area (Å²) in [5.74, 6) is 0. The first-order valence-corrected chi connectivity index (χ1v) is 8.50. The van der Waals surface area contributed by atoms with Crippen molar-refractivity contribution in [2.75, 3.05) is 59.9 Å². The molecule has 2 rings (SSSR count). The average molecular weight is 300 g/mol. The van der Waals surface area contributed by atoms with Gasteiger partial charge in [-0.05, 0) is 26.8 Å². The van der Waals surface area contributed by atoms with Crippen LogP contribution in [0.3, 0.4) is 0 Å². The Morgan fingerprint density at radius 2 is 1.48 bits per heavy atom. The molecule has 1 saturated carbocycles. The summed E-state index contributed by atoms with van der Waals surface area (Å²) < 4.78 is 16.3. The molecule has 0 N–H and O–H groups in total. The lowest BCUT2D eigenvalue weighted by Crippen LogP contribution is -2.40. The molecule has 2 aliphatic rings. The summed E-state index contributed by atoms with van der Waals surface area (Å²) in [5, 5.41) is 0. The summed E-state index contributed by atoms with van der Waals surface area (Å²) in [7, 11) is 2.26. The molecule has 1 aliphatic heterocycles. The third-order valence-corrected chi connectivity index (χ3v) is 4.60. The van der Waals surface area contributed by atoms with Crippen LogP contribution in [0.5, 0.6) is 0 Å². The van der Waals surface area contributed by atoms with Crippen molar-refractivity contribution in [1.82, 2.24) is 9.80 Å². The summed E-state index contributed by atoms with van der Waals surface area (Å²) in [6.07, 6.45) is 5.51. The zero-order chi connectivity index (χ0) is 14.9. The Kier molecular flexibility index (Phi) is 7.96. The molecule has 1 saturated heterocycles. The Balaban J connectivity index is 1.49. The minimum absolute atomic E-state index is 0.665. The molecule has 5 nitrogen and oxygen atoms in total. The molecular weight excluding hydrogens is 268 g/mol. The molecule has 0 aromatic heterocycles. The topological polar surface area (TPSA) is 34.2 Å². The van der Waals surface area contributed by atoms with E-state index in [-0.39, 0.29) is 0 Å². The summed E-state index contributed by atoms with van der Waals surface area (Å²) in [6.45, 7) is 8.41. The van der Waals surface area contributed by atoms with Gasteiger partial charge in [0.25, 0.3) is 0 Å². The molecule has 0 aromatic carbocycles. The molecule has 1 aliphatic carbocycles. The number of rotatable bonds is 10. The fourth-order valence-electron chi connectivity index (χ4n) is 3.53. The van der Waals surface area contributed by atoms with Gasteiger partial charge in [0.2, 0.25) is 0 Å². The van der Waals surface area contributed by atoms with Crippen molar-refractivity contribution >= 4 is 0 Å². The first-order chi connectivity index (χ1) is 10.3. The van der Waals surface area contributed by atoms with Gasteiger partial charge in [-0.3, -0.25) is 9.80 Å². The predicted molar refractivity (Wildman–Crippen MR) is 83.5 cm³/mol. The molecule has 0 amide bonds. The van der Waals surface area contributed by atoms with E-state index in [1.165, 1.54) is 25.7 Å². The van der Waals surface area contributed by atoms with Crippen LogP contribution in [0.1, 0.15) is 32.6 Å². The number of nitrogens with zero attached hydrogens (tertiary/aromatic N) is 2. The van der Waals surface area contributed by atoms with E-state index in [0.717, 1.165) is 38.5 Å². The summed E-state index contributed by atoms with van der Waals surface area (Å²) in [5.41, 5.74) is 0. The zero-order valence-corrected chi connectivity index (χ0v) is 13.8. The van der Waals surface area contributed by atoms with Crippen molar-refractivity contribution in [3.8, 4) is 0 Å². The SMILES string of the molecule is CCOCCOCCOCCN1CN(C)C2CCCCC21. The minimum Gasteiger partial charge on any atom is -0.379 e. The van der Waals surface area contributed by atoms with Gasteiger partial charge in [-0.25, -0.2) is 0 Å². The van der Waals surface area contributed by atoms with E-state index in [1.54, 1.807) is 0 Å². The van der Waals surface area contributed by atoms with Crippen LogP contribution in [0.15, 0.2) is 0 Å². The molecule has 0 radical (unpaired) electrons. The predicted octanol–water partition coefficient (Wildman–Crippen LogP) is 1.57. The molecule has 0 spiro atoms. The maximum atomic E-state index is 5.69. The van der Waals surface area contributed by atoms with Gasteiger partial charge in [0.05, 0.1) is 39.7 Å². The number of hydrogen-bond acceptors (Lipinski definition) is 5. The fourth-order valence-corrected chi connectivity index (χ4v) is 3.53. The highest BCUT2D eigenvalue weighted by atomic mass is 16.5. The second-order valence-corrected chi connectivity index (χ2v) is 6.05. The lowest BCUT2D eigenvalue weighted by molar-refractivity contribution is 0.0112. The molecule has 5 heteroatoms. The number of fused-ring (bicyclic) bond motifs is 1. The molecule has 1 heterocycles. The third-order valence-electron chi connectivity index (χ3n) is 4.60. The van der Waals surface area contributed by atoms with E-state index in [9.17, 15) is 0 Å². The quantitative estimate of drug-likeness (QED) is 0.572. The van der Waals surface area contributed by atoms with Gasteiger partial charge in [0.15, 0.2) is 0 Å². The molecule has 0 bridgehead atoms. The van der Waals surface area contributed by atoms with Gasteiger partial charge in [-0.2, -0.15) is 0 Å². The van der Waals surface area contributed by atoms with Gasteiger partial charge in [0, 0.05) is 25.2 Å². The van der Waals surface area contributed by atoms with Crippen molar-refractivity contribution in [3.05, 3.63) is 0 Å². The normalized spacial score (nSPS) is 27.1. The molecule has 2 unspecified atom stereocenters. The van der Waals surface area contributed by atoms with E-state index in [1.807, 2.05) is 6.92 Å². The van der Waals surface area contributed by atoms with E-state index < -0.39 is 0 Å². The van der Waals surface area contributed by atoms with Gasteiger partial charge in [0.1, 0.15) is 0 Å². The van der Waals surface area contributed by atoms with Gasteiger partial charge in [-0.1, -0.05) is 12.8 Å². The monoisotopic (exact) mass is 300 g/mol. The van der Waals surface area contributed by atoms with E-state index in [0.29, 0.717) is 26.4 Å². The van der Waals surface area contributed by atoms with Crippen molar-refractivity contribution < 1.29 is 14.2 Å². The van der Waals surface area contributed by atoms with E-state index >= 15 is 0 Å². The Morgan fingerprint density at radius 3 is 2.19 bits per heavy atom. The van der Waals surface area contributed by atoms with Crippen LogP contribution < -0.4 is 0 Å². The van der Waals surface area contributed by atoms with E-state index in [2.05, 4.69) is 16.8 Å². The summed E-state index contributed by atoms with van der Waals surface area (Å²) in [4.78, 5) is 5.11. The average Bonchev–Trinajstić information content (AvgIpc) is 2.83. The van der Waals surface area contributed by atoms with Crippen molar-refractivity contribution in [1.29, 1.82) is 0 Å². The maximum Gasteiger partial charge on any atom is 0.0701 e. The van der Waals surface area contributed by atoms with E-state index in [4.69, 9.17) is 14.2 Å². The summed E-state index contributed by atoms with van der Waals surface area (Å²) >= 11 is 0. The first-order valence-electron chi connectivity index (χ1n) is 8.50. The Bertz CT molecular complexity index is 278. The first kappa shape index (κ1) is 17.2. The Morgan fingerprint density at radius 1 is 0.857 bits per heavy atom. The molecule has 0 aromatic rings. The number of ether oxygens (including phenoxy) is 3. The van der Waals surface area contributed by atoms with Crippen molar-refractivity contribution in [2.45, 2.75) is 44.7 Å². The Hall–Kier alpha value is -0.200. The maximum absolute atomic E-state index is 5.69. The van der Waals surface area contributed by atoms with Crippen LogP contribution in [0.25, 0.3) is 0 Å². The molecule has 21 heavy (non-hydrogen) atoms. The summed E-state index contributed by atoms with van der Waals surface area (Å²) in [6, 6.07) is 1.54. The number of hydrogen-bond donors (Lipinski definition) is 0. The molecular formula is C16H32N2O3. The zero-order valence-electron chi connectivity index (χ0n) is 13.8. The lowest BCUT2D eigenvalue weighted by Gasteiger charge is -2.31. The highest BCUT2D eigenvalue weighted by Crippen LogP contribution is 2.31. The molecule has 2 fully saturated rings. The van der Waals surface area contributed by atoms with Crippen LogP contribution in [-0.2, 0) is 14.2 Å². The van der Waals surface area contributed by atoms with Crippen LogP contribution in [0, 0.1) is 0 Å². The minimum atomic E-state index is 0.665. The smallest absolute Gasteiger partial charge is 0.0701 e. The van der Waals surface area contributed by atoms with Crippen LogP contribution in [-0.4, -0.2) is 81.8 Å². The highest BCUT2D eigenvalue weighted by Gasteiger charge is 2.38. The second kappa shape index (κ2) is 9.74. The lowest BCUT2D eigenvalue weighted by atomic mass is 9.90. The molecule has 2 atom stereocenters. The van der Waals surface area contributed by atoms with Crippen LogP contribution >= 0.6 is 0 Å². The Labute approximate surface area is 129 Å². The molecule has 124 valence electrons. The number of likely N-dealkylation sites (N-methyl/N-ethyl adjacent to an activating group) is 1. The van der Waals surface area contributed by atoms with Gasteiger partial charge >= 0.3 is 0 Å². The van der Waals surface area contributed by atoms with Crippen LogP contribution in [0.2, 0.25) is 0 Å². The van der Waals surface area contributed by atoms with Crippen LogP contribution in [0.4, 0.5) is 0 Å². The standard InChI is InChI=1S/C16H32N2O3/c1-3-19-10-11-21-13-12-20-9-8-18-14-17(2)15-6-4-5-7-16(15)18/h15-16H,3-14H2,1-2H3. The van der Waals surface area contributed by atoms with Gasteiger partial charge < -0.3 is 14.2 Å². The third kappa shape index (κ3) is 5.49. The van der Waals surface area contributed by atoms with Crippen molar-refractivity contribution in [3.63, 3.8) is 0 Å². The van der Waals surface area contributed by atoms with Crippen molar-refractivity contribution in [2.24, 2.45) is 0 Å². The fraction of sp³-hybridized carbons (Fsp3) is 1.00.